The van der Waals surface area contributed by atoms with Gasteiger partial charge in [-0.3, -0.25) is 0 Å². The van der Waals surface area contributed by atoms with Crippen LogP contribution >= 0.6 is 0 Å². The van der Waals surface area contributed by atoms with Crippen molar-refractivity contribution >= 4 is 0 Å². The zero-order chi connectivity index (χ0) is 13.2. The van der Waals surface area contributed by atoms with Gasteiger partial charge < -0.3 is 0 Å². The number of hydrogen-bond donors (Lipinski definition) is 0. The molecule has 0 aliphatic carbocycles. The van der Waals surface area contributed by atoms with E-state index in [0.717, 1.165) is 0 Å². The van der Waals surface area contributed by atoms with Gasteiger partial charge in [-0.25, -0.2) is 18.4 Å². The van der Waals surface area contributed by atoms with E-state index in [2.05, 4.69) is 10.1 Å². The molecule has 1 heterocycles. The molecule has 1 aromatic heterocycles. The predicted molar refractivity (Wildman–Crippen MR) is 66.7 cm³/mol. The summed E-state index contributed by atoms with van der Waals surface area (Å²) in [5, 5.41) is 4.18. The Balaban J connectivity index is 2.00. The first-order chi connectivity index (χ1) is 9.24. The fourth-order valence-electron chi connectivity index (χ4n) is 1.75. The van der Waals surface area contributed by atoms with Gasteiger partial charge in [0, 0.05) is 0 Å². The SMILES string of the molecule is Fc1ccc(-n2cnc(-c3ccccc3F)n2)cc1. The standard InChI is InChI=1S/C14H9F2N3/c15-10-5-7-11(8-6-10)19-9-17-14(18-19)12-3-1-2-4-13(12)16/h1-9H. The van der Waals surface area contributed by atoms with Gasteiger partial charge in [0.1, 0.15) is 18.0 Å². The molecule has 2 aromatic carbocycles. The van der Waals surface area contributed by atoms with E-state index in [0.29, 0.717) is 17.1 Å². The van der Waals surface area contributed by atoms with Gasteiger partial charge in [-0.2, -0.15) is 0 Å². The van der Waals surface area contributed by atoms with Crippen LogP contribution in [0.5, 0.6) is 0 Å². The molecule has 0 radical (unpaired) electrons. The molecule has 0 saturated carbocycles. The topological polar surface area (TPSA) is 30.7 Å². The van der Waals surface area contributed by atoms with Crippen molar-refractivity contribution in [1.82, 2.24) is 14.8 Å². The second-order valence-electron chi connectivity index (χ2n) is 3.97. The Bertz CT molecular complexity index is 705. The van der Waals surface area contributed by atoms with Crippen LogP contribution in [0.15, 0.2) is 54.9 Å². The minimum atomic E-state index is -0.376. The molecule has 0 atom stereocenters. The Morgan fingerprint density at radius 2 is 1.63 bits per heavy atom. The van der Waals surface area contributed by atoms with Crippen molar-refractivity contribution in [2.75, 3.05) is 0 Å². The molecule has 94 valence electrons. The van der Waals surface area contributed by atoms with E-state index in [4.69, 9.17) is 0 Å². The van der Waals surface area contributed by atoms with Gasteiger partial charge in [-0.05, 0) is 36.4 Å². The molecule has 3 nitrogen and oxygen atoms in total. The summed E-state index contributed by atoms with van der Waals surface area (Å²) in [6.07, 6.45) is 1.47. The maximum absolute atomic E-state index is 13.6. The van der Waals surface area contributed by atoms with Gasteiger partial charge in [0.05, 0.1) is 11.3 Å². The maximum atomic E-state index is 13.6. The zero-order valence-electron chi connectivity index (χ0n) is 9.79. The Morgan fingerprint density at radius 3 is 2.37 bits per heavy atom. The number of aromatic nitrogens is 3. The number of benzene rings is 2. The molecule has 0 amide bonds. The first-order valence-corrected chi connectivity index (χ1v) is 5.66. The molecule has 5 heteroatoms. The quantitative estimate of drug-likeness (QED) is 0.705. The van der Waals surface area contributed by atoms with Gasteiger partial charge in [0.15, 0.2) is 5.82 Å². The van der Waals surface area contributed by atoms with Gasteiger partial charge in [-0.15, -0.1) is 5.10 Å². The van der Waals surface area contributed by atoms with Crippen molar-refractivity contribution in [3.63, 3.8) is 0 Å². The molecule has 0 aliphatic heterocycles. The third-order valence-corrected chi connectivity index (χ3v) is 2.70. The van der Waals surface area contributed by atoms with Crippen LogP contribution in [0.1, 0.15) is 0 Å². The normalized spacial score (nSPS) is 10.6. The average molecular weight is 257 g/mol. The van der Waals surface area contributed by atoms with Gasteiger partial charge in [0.25, 0.3) is 0 Å². The highest BCUT2D eigenvalue weighted by atomic mass is 19.1. The summed E-state index contributed by atoms with van der Waals surface area (Å²) in [5.74, 6) is -0.403. The highest BCUT2D eigenvalue weighted by Gasteiger charge is 2.09. The monoisotopic (exact) mass is 257 g/mol. The van der Waals surface area contributed by atoms with Crippen LogP contribution < -0.4 is 0 Å². The van der Waals surface area contributed by atoms with Crippen LogP contribution in [0.25, 0.3) is 17.1 Å². The first-order valence-electron chi connectivity index (χ1n) is 5.66. The molecular formula is C14H9F2N3. The molecule has 0 fully saturated rings. The van der Waals surface area contributed by atoms with Gasteiger partial charge >= 0.3 is 0 Å². The Hall–Kier alpha value is -2.56. The largest absolute Gasteiger partial charge is 0.220 e. The molecule has 0 N–H and O–H groups in total. The van der Waals surface area contributed by atoms with Crippen molar-refractivity contribution in [2.24, 2.45) is 0 Å². The lowest BCUT2D eigenvalue weighted by Crippen LogP contribution is -1.95. The lowest BCUT2D eigenvalue weighted by molar-refractivity contribution is 0.627. The van der Waals surface area contributed by atoms with E-state index in [1.807, 2.05) is 0 Å². The highest BCUT2D eigenvalue weighted by molar-refractivity contribution is 5.55. The summed E-state index contributed by atoms with van der Waals surface area (Å²) in [5.41, 5.74) is 1.000. The molecule has 0 unspecified atom stereocenters. The number of nitrogens with zero attached hydrogens (tertiary/aromatic N) is 3. The fraction of sp³-hybridized carbons (Fsp3) is 0. The maximum Gasteiger partial charge on any atom is 0.184 e. The van der Waals surface area contributed by atoms with Gasteiger partial charge in [-0.1, -0.05) is 12.1 Å². The third kappa shape index (κ3) is 2.22. The van der Waals surface area contributed by atoms with Crippen LogP contribution in [-0.4, -0.2) is 14.8 Å². The predicted octanol–water partition coefficient (Wildman–Crippen LogP) is 3.21. The number of rotatable bonds is 2. The summed E-state index contributed by atoms with van der Waals surface area (Å²) >= 11 is 0. The van der Waals surface area contributed by atoms with Crippen molar-refractivity contribution in [3.8, 4) is 17.1 Å². The molecule has 3 aromatic rings. The van der Waals surface area contributed by atoms with E-state index in [1.165, 1.54) is 29.2 Å². The summed E-state index contributed by atoms with van der Waals surface area (Å²) in [6, 6.07) is 12.1. The Morgan fingerprint density at radius 1 is 0.895 bits per heavy atom. The van der Waals surface area contributed by atoms with Crippen LogP contribution in [0.2, 0.25) is 0 Å². The summed E-state index contributed by atoms with van der Waals surface area (Å²) in [4.78, 5) is 4.06. The van der Waals surface area contributed by atoms with E-state index in [-0.39, 0.29) is 11.6 Å². The average Bonchev–Trinajstić information content (AvgIpc) is 2.89. The van der Waals surface area contributed by atoms with Crippen molar-refractivity contribution < 1.29 is 8.78 Å². The molecule has 3 rings (SSSR count). The minimum absolute atomic E-state index is 0.294. The van der Waals surface area contributed by atoms with Crippen LogP contribution in [-0.2, 0) is 0 Å². The lowest BCUT2D eigenvalue weighted by Gasteiger charge is -1.99. The van der Waals surface area contributed by atoms with Crippen molar-refractivity contribution in [2.45, 2.75) is 0 Å². The number of halogens is 2. The zero-order valence-corrected chi connectivity index (χ0v) is 9.79. The third-order valence-electron chi connectivity index (χ3n) is 2.70. The van der Waals surface area contributed by atoms with Crippen LogP contribution in [0.4, 0.5) is 8.78 Å². The Kier molecular flexibility index (Phi) is 2.79. The molecule has 0 bridgehead atoms. The first kappa shape index (κ1) is 11.5. The summed E-state index contributed by atoms with van der Waals surface area (Å²) in [7, 11) is 0. The fourth-order valence-corrected chi connectivity index (χ4v) is 1.75. The Labute approximate surface area is 108 Å². The molecule has 0 aliphatic rings. The van der Waals surface area contributed by atoms with E-state index < -0.39 is 0 Å². The smallest absolute Gasteiger partial charge is 0.184 e. The molecule has 19 heavy (non-hydrogen) atoms. The molecular weight excluding hydrogens is 248 g/mol. The van der Waals surface area contributed by atoms with Crippen molar-refractivity contribution in [3.05, 3.63) is 66.5 Å². The molecule has 0 saturated heterocycles. The van der Waals surface area contributed by atoms with Crippen LogP contribution in [0, 0.1) is 11.6 Å². The lowest BCUT2D eigenvalue weighted by atomic mass is 10.2. The number of hydrogen-bond acceptors (Lipinski definition) is 2. The van der Waals surface area contributed by atoms with E-state index >= 15 is 0 Å². The highest BCUT2D eigenvalue weighted by Crippen LogP contribution is 2.19. The summed E-state index contributed by atoms with van der Waals surface area (Å²) < 4.78 is 27.9. The van der Waals surface area contributed by atoms with Crippen LogP contribution in [0.3, 0.4) is 0 Å². The van der Waals surface area contributed by atoms with E-state index in [1.54, 1.807) is 30.3 Å². The molecule has 0 spiro atoms. The second kappa shape index (κ2) is 4.61. The summed E-state index contributed by atoms with van der Waals surface area (Å²) in [6.45, 7) is 0. The minimum Gasteiger partial charge on any atom is -0.220 e. The van der Waals surface area contributed by atoms with E-state index in [9.17, 15) is 8.78 Å². The van der Waals surface area contributed by atoms with Gasteiger partial charge in [0.2, 0.25) is 0 Å². The second-order valence-corrected chi connectivity index (χ2v) is 3.97. The van der Waals surface area contributed by atoms with Crippen molar-refractivity contribution in [1.29, 1.82) is 0 Å².